The van der Waals surface area contributed by atoms with Crippen LogP contribution in [0.15, 0.2) is 0 Å². The van der Waals surface area contributed by atoms with Crippen molar-refractivity contribution in [2.24, 2.45) is 11.8 Å². The Morgan fingerprint density at radius 3 is 2.33 bits per heavy atom. The average molecular weight is 280 g/mol. The van der Waals surface area contributed by atoms with Gasteiger partial charge in [-0.15, -0.1) is 0 Å². The first-order valence-electron chi connectivity index (χ1n) is 4.31. The number of hydrogen-bond acceptors (Lipinski definition) is 2. The average Bonchev–Trinajstić information content (AvgIpc) is 2.04. The largest absolute Gasteiger partial charge is 0.300 e. The first-order valence-corrected chi connectivity index (χ1v) is 5.39. The summed E-state index contributed by atoms with van der Waals surface area (Å²) < 4.78 is 0.221. The van der Waals surface area contributed by atoms with E-state index in [1.807, 2.05) is 22.6 Å². The molecule has 1 aliphatic carbocycles. The lowest BCUT2D eigenvalue weighted by Gasteiger charge is -2.24. The Morgan fingerprint density at radius 1 is 1.25 bits per heavy atom. The van der Waals surface area contributed by atoms with Crippen LogP contribution in [-0.4, -0.2) is 9.57 Å². The van der Waals surface area contributed by atoms with Crippen molar-refractivity contribution in [1.82, 2.24) is 0 Å². The minimum Gasteiger partial charge on any atom is -0.300 e. The zero-order valence-corrected chi connectivity index (χ0v) is 9.34. The van der Waals surface area contributed by atoms with Crippen molar-refractivity contribution < 1.29 is 9.59 Å². The third kappa shape index (κ3) is 2.54. The summed E-state index contributed by atoms with van der Waals surface area (Å²) in [5, 5.41) is 0. The van der Waals surface area contributed by atoms with Crippen LogP contribution in [0.1, 0.15) is 32.6 Å². The summed E-state index contributed by atoms with van der Waals surface area (Å²) in [6.45, 7) is 1.63. The molecule has 2 nitrogen and oxygen atoms in total. The van der Waals surface area contributed by atoms with E-state index in [1.165, 1.54) is 0 Å². The predicted molar refractivity (Wildman–Crippen MR) is 55.2 cm³/mol. The minimum atomic E-state index is 0.147. The van der Waals surface area contributed by atoms with E-state index in [4.69, 9.17) is 0 Å². The number of carbonyl (C=O) groups is 2. The summed E-state index contributed by atoms with van der Waals surface area (Å²) in [5.74, 6) is 0.549. The van der Waals surface area contributed by atoms with Crippen LogP contribution in [0, 0.1) is 11.8 Å². The van der Waals surface area contributed by atoms with E-state index in [-0.39, 0.29) is 21.4 Å². The Kier molecular flexibility index (Phi) is 3.68. The molecule has 0 aromatic rings. The molecule has 0 heterocycles. The molecule has 2 atom stereocenters. The van der Waals surface area contributed by atoms with Crippen LogP contribution in [-0.2, 0) is 9.59 Å². The molecule has 0 aliphatic heterocycles. The summed E-state index contributed by atoms with van der Waals surface area (Å²) in [6.07, 6.45) is 3.78. The second-order valence-electron chi connectivity index (χ2n) is 3.48. The Hall–Kier alpha value is 0.0700. The molecule has 0 radical (unpaired) electrons. The first-order chi connectivity index (χ1) is 5.61. The highest BCUT2D eigenvalue weighted by atomic mass is 127. The number of ketones is 1. The molecule has 1 rings (SSSR count). The van der Waals surface area contributed by atoms with Crippen molar-refractivity contribution in [1.29, 1.82) is 0 Å². The van der Waals surface area contributed by atoms with E-state index in [2.05, 4.69) is 0 Å². The molecule has 68 valence electrons. The van der Waals surface area contributed by atoms with Gasteiger partial charge >= 0.3 is 0 Å². The van der Waals surface area contributed by atoms with Gasteiger partial charge in [0.15, 0.2) is 3.79 Å². The molecule has 0 aromatic heterocycles. The molecule has 0 N–H and O–H groups in total. The molecule has 1 saturated carbocycles. The van der Waals surface area contributed by atoms with Crippen molar-refractivity contribution in [2.45, 2.75) is 32.6 Å². The van der Waals surface area contributed by atoms with Gasteiger partial charge in [-0.3, -0.25) is 9.59 Å². The molecule has 2 unspecified atom stereocenters. The smallest absolute Gasteiger partial charge is 0.195 e. The Balaban J connectivity index is 2.51. The summed E-state index contributed by atoms with van der Waals surface area (Å²) in [5.41, 5.74) is 0. The summed E-state index contributed by atoms with van der Waals surface area (Å²) >= 11 is 1.84. The molecule has 1 aliphatic rings. The fourth-order valence-corrected chi connectivity index (χ4v) is 2.33. The van der Waals surface area contributed by atoms with E-state index in [1.54, 1.807) is 6.92 Å². The topological polar surface area (TPSA) is 34.1 Å². The molecule has 0 spiro atoms. The second-order valence-corrected chi connectivity index (χ2v) is 4.54. The van der Waals surface area contributed by atoms with Gasteiger partial charge in [0.2, 0.25) is 0 Å². The van der Waals surface area contributed by atoms with Crippen LogP contribution >= 0.6 is 22.6 Å². The SMILES string of the molecule is CC(=O)C1CCCC(C(=O)I)C1. The van der Waals surface area contributed by atoms with E-state index >= 15 is 0 Å². The fraction of sp³-hybridized carbons (Fsp3) is 0.778. The van der Waals surface area contributed by atoms with Crippen LogP contribution in [0.25, 0.3) is 0 Å². The fourth-order valence-electron chi connectivity index (χ4n) is 1.77. The predicted octanol–water partition coefficient (Wildman–Crippen LogP) is 2.34. The van der Waals surface area contributed by atoms with Gasteiger partial charge in [-0.1, -0.05) is 6.42 Å². The highest BCUT2D eigenvalue weighted by Crippen LogP contribution is 2.31. The van der Waals surface area contributed by atoms with Gasteiger partial charge in [0, 0.05) is 11.8 Å². The number of halogens is 1. The van der Waals surface area contributed by atoms with Crippen molar-refractivity contribution in [3.8, 4) is 0 Å². The van der Waals surface area contributed by atoms with Crippen LogP contribution in [0.2, 0.25) is 0 Å². The van der Waals surface area contributed by atoms with Gasteiger partial charge < -0.3 is 0 Å². The van der Waals surface area contributed by atoms with Gasteiger partial charge in [-0.2, -0.15) is 0 Å². The molecule has 3 heteroatoms. The molecule has 0 aromatic carbocycles. The zero-order valence-electron chi connectivity index (χ0n) is 7.18. The molecule has 0 bridgehead atoms. The molecular formula is C9H13IO2. The number of carbonyl (C=O) groups excluding carboxylic acids is 2. The molecule has 0 amide bonds. The first kappa shape index (κ1) is 10.2. The van der Waals surface area contributed by atoms with Crippen LogP contribution < -0.4 is 0 Å². The molecule has 12 heavy (non-hydrogen) atoms. The van der Waals surface area contributed by atoms with Gasteiger partial charge in [0.1, 0.15) is 5.78 Å². The maximum atomic E-state index is 11.1. The van der Waals surface area contributed by atoms with Gasteiger partial charge in [-0.05, 0) is 48.8 Å². The van der Waals surface area contributed by atoms with Crippen molar-refractivity contribution in [2.75, 3.05) is 0 Å². The van der Waals surface area contributed by atoms with E-state index in [0.717, 1.165) is 25.7 Å². The highest BCUT2D eigenvalue weighted by Gasteiger charge is 2.27. The molecule has 1 fully saturated rings. The summed E-state index contributed by atoms with van der Waals surface area (Å²) in [7, 11) is 0. The number of rotatable bonds is 2. The lowest BCUT2D eigenvalue weighted by molar-refractivity contribution is -0.123. The lowest BCUT2D eigenvalue weighted by atomic mass is 9.80. The Morgan fingerprint density at radius 2 is 1.83 bits per heavy atom. The maximum absolute atomic E-state index is 11.1. The lowest BCUT2D eigenvalue weighted by Crippen LogP contribution is -2.23. The zero-order chi connectivity index (χ0) is 9.14. The van der Waals surface area contributed by atoms with Gasteiger partial charge in [0.05, 0.1) is 0 Å². The maximum Gasteiger partial charge on any atom is 0.195 e. The monoisotopic (exact) mass is 280 g/mol. The summed E-state index contributed by atoms with van der Waals surface area (Å²) in [6, 6.07) is 0. The molecule has 0 saturated heterocycles. The Bertz CT molecular complexity index is 181. The quantitative estimate of drug-likeness (QED) is 0.574. The van der Waals surface area contributed by atoms with E-state index in [9.17, 15) is 9.59 Å². The third-order valence-electron chi connectivity index (χ3n) is 2.57. The van der Waals surface area contributed by atoms with Gasteiger partial charge in [0.25, 0.3) is 0 Å². The van der Waals surface area contributed by atoms with Crippen molar-refractivity contribution >= 4 is 32.2 Å². The number of hydrogen-bond donors (Lipinski definition) is 0. The normalized spacial score (nSPS) is 29.8. The highest BCUT2D eigenvalue weighted by molar-refractivity contribution is 14.1. The van der Waals surface area contributed by atoms with E-state index < -0.39 is 0 Å². The van der Waals surface area contributed by atoms with Crippen LogP contribution in [0.4, 0.5) is 0 Å². The van der Waals surface area contributed by atoms with Crippen LogP contribution in [0.3, 0.4) is 0 Å². The van der Waals surface area contributed by atoms with Crippen molar-refractivity contribution in [3.05, 3.63) is 0 Å². The van der Waals surface area contributed by atoms with Crippen LogP contribution in [0.5, 0.6) is 0 Å². The summed E-state index contributed by atoms with van der Waals surface area (Å²) in [4.78, 5) is 22.1. The second kappa shape index (κ2) is 4.35. The number of Topliss-reactive ketones (excluding diaryl/α,β-unsaturated/α-hetero) is 1. The Labute approximate surface area is 86.2 Å². The van der Waals surface area contributed by atoms with Crippen molar-refractivity contribution in [3.63, 3.8) is 0 Å². The molecular weight excluding hydrogens is 267 g/mol. The third-order valence-corrected chi connectivity index (χ3v) is 3.45. The minimum absolute atomic E-state index is 0.147. The van der Waals surface area contributed by atoms with Gasteiger partial charge in [-0.25, -0.2) is 0 Å². The van der Waals surface area contributed by atoms with E-state index in [0.29, 0.717) is 0 Å². The standard InChI is InChI=1S/C9H13IO2/c1-6(11)7-3-2-4-8(5-7)9(10)12/h7-8H,2-5H2,1H3.